The topological polar surface area (TPSA) is 176 Å². The van der Waals surface area contributed by atoms with Crippen molar-refractivity contribution in [1.29, 1.82) is 0 Å². The van der Waals surface area contributed by atoms with E-state index < -0.39 is 48.7 Å². The molecule has 5 atom stereocenters. The lowest BCUT2D eigenvalue weighted by atomic mass is 10.0. The van der Waals surface area contributed by atoms with Crippen molar-refractivity contribution in [2.75, 3.05) is 7.11 Å². The second-order valence-electron chi connectivity index (χ2n) is 6.24. The van der Waals surface area contributed by atoms with Gasteiger partial charge in [-0.1, -0.05) is 5.11 Å². The molecule has 14 nitrogen and oxygen atoms in total. The van der Waals surface area contributed by atoms with Crippen LogP contribution in [0.1, 0.15) is 12.6 Å². The molecule has 1 N–H and O–H groups in total. The smallest absolute Gasteiger partial charge is 0.351 e. The maximum atomic E-state index is 12.6. The summed E-state index contributed by atoms with van der Waals surface area (Å²) in [6.45, 7) is -1.15. The third-order valence-electron chi connectivity index (χ3n) is 4.54. The minimum Gasteiger partial charge on any atom is -0.481 e. The van der Waals surface area contributed by atoms with E-state index in [4.69, 9.17) is 24.5 Å². The van der Waals surface area contributed by atoms with E-state index in [1.54, 1.807) is 6.20 Å². The number of carboxylic acids is 1. The first-order valence-corrected chi connectivity index (χ1v) is 8.34. The molecule has 14 heteroatoms. The average Bonchev–Trinajstić information content (AvgIpc) is 3.40. The summed E-state index contributed by atoms with van der Waals surface area (Å²) < 4.78 is 24.5. The van der Waals surface area contributed by atoms with Gasteiger partial charge in [-0.25, -0.2) is 9.78 Å². The van der Waals surface area contributed by atoms with Gasteiger partial charge in [-0.2, -0.15) is 4.98 Å². The fourth-order valence-corrected chi connectivity index (χ4v) is 3.36. The third kappa shape index (κ3) is 3.24. The van der Waals surface area contributed by atoms with Crippen molar-refractivity contribution in [3.63, 3.8) is 0 Å². The number of imidazole rings is 1. The molecule has 0 bridgehead atoms. The van der Waals surface area contributed by atoms with Crippen molar-refractivity contribution in [3.8, 4) is 5.82 Å². The van der Waals surface area contributed by atoms with Crippen LogP contribution in [0.4, 0.5) is 0 Å². The summed E-state index contributed by atoms with van der Waals surface area (Å²) in [5.41, 5.74) is 6.33. The van der Waals surface area contributed by atoms with Gasteiger partial charge in [-0.05, 0) is 11.6 Å². The highest BCUT2D eigenvalue weighted by atomic mass is 16.9. The van der Waals surface area contributed by atoms with Crippen LogP contribution in [-0.4, -0.2) is 61.7 Å². The first-order valence-electron chi connectivity index (χ1n) is 8.34. The number of nitrogens with zero attached hydrogens (tertiary/aromatic N) is 7. The molecule has 0 aromatic carbocycles. The Hall–Kier alpha value is -3.29. The summed E-state index contributed by atoms with van der Waals surface area (Å²) in [7, 11) is 1.32. The molecule has 0 amide bonds. The zero-order valence-electron chi connectivity index (χ0n) is 14.9. The SMILES string of the molecule is CO[C@@H]1O[C@H]2[C@H](n3ccc(-n4ccnc4)nc3=O)O[C@@](CC(=O)O)(N=[N+]=[N-])[C@H]2O1. The van der Waals surface area contributed by atoms with Crippen LogP contribution in [0, 0.1) is 0 Å². The van der Waals surface area contributed by atoms with E-state index in [1.165, 1.54) is 36.5 Å². The van der Waals surface area contributed by atoms with Crippen LogP contribution in [0.5, 0.6) is 0 Å². The van der Waals surface area contributed by atoms with E-state index in [2.05, 4.69) is 20.0 Å². The Bertz CT molecular complexity index is 1020. The van der Waals surface area contributed by atoms with Crippen molar-refractivity contribution in [3.05, 3.63) is 51.9 Å². The number of fused-ring (bicyclic) bond motifs is 1. The summed E-state index contributed by atoms with van der Waals surface area (Å²) >= 11 is 0. The van der Waals surface area contributed by atoms with Gasteiger partial charge in [-0.15, -0.1) is 0 Å². The molecule has 0 saturated carbocycles. The predicted octanol–water partition coefficient (Wildman–Crippen LogP) is 0.153. The highest BCUT2D eigenvalue weighted by Gasteiger charge is 2.63. The number of hydrogen-bond donors (Lipinski definition) is 1. The monoisotopic (exact) mass is 405 g/mol. The predicted molar refractivity (Wildman–Crippen MR) is 90.4 cm³/mol. The van der Waals surface area contributed by atoms with Crippen LogP contribution in [0.15, 0.2) is 40.9 Å². The molecule has 0 spiro atoms. The van der Waals surface area contributed by atoms with Crippen LogP contribution in [-0.2, 0) is 23.7 Å². The minimum atomic E-state index is -1.94. The zero-order valence-corrected chi connectivity index (χ0v) is 14.9. The maximum Gasteiger partial charge on any atom is 0.351 e. The number of carbonyl (C=O) groups is 1. The minimum absolute atomic E-state index is 0.323. The molecule has 29 heavy (non-hydrogen) atoms. The van der Waals surface area contributed by atoms with E-state index in [9.17, 15) is 14.7 Å². The molecule has 2 aliphatic rings. The van der Waals surface area contributed by atoms with Crippen LogP contribution >= 0.6 is 0 Å². The molecule has 4 rings (SSSR count). The number of methoxy groups -OCH3 is 1. The number of carboxylic acid groups (broad SMARTS) is 1. The average molecular weight is 405 g/mol. The van der Waals surface area contributed by atoms with Crippen molar-refractivity contribution in [2.45, 2.75) is 37.1 Å². The van der Waals surface area contributed by atoms with Gasteiger partial charge in [0.05, 0.1) is 6.42 Å². The standard InChI is InChI=1S/C15H15N7O7/c1-26-14-27-10-11(28-14)15(19-20-16,6-9(23)24)29-12(10)22-4-2-8(18-13(22)25)21-5-3-17-7-21/h2-5,7,10-12,14H,6H2,1H3,(H,23,24)/t10-,11+,12-,14-,15-/m1/s1. The molecule has 0 unspecified atom stereocenters. The molecule has 2 aromatic rings. The lowest BCUT2D eigenvalue weighted by Gasteiger charge is -2.27. The number of aromatic nitrogens is 4. The van der Waals surface area contributed by atoms with E-state index in [1.807, 2.05) is 0 Å². The van der Waals surface area contributed by atoms with Crippen molar-refractivity contribution in [2.24, 2.45) is 5.11 Å². The molecule has 0 aliphatic carbocycles. The van der Waals surface area contributed by atoms with E-state index in [0.29, 0.717) is 5.82 Å². The van der Waals surface area contributed by atoms with Crippen LogP contribution < -0.4 is 5.69 Å². The van der Waals surface area contributed by atoms with Crippen molar-refractivity contribution in [1.82, 2.24) is 19.1 Å². The Morgan fingerprint density at radius 3 is 2.93 bits per heavy atom. The Morgan fingerprint density at radius 1 is 1.48 bits per heavy atom. The summed E-state index contributed by atoms with van der Waals surface area (Å²) in [5.74, 6) is -0.967. The molecule has 2 aromatic heterocycles. The molecule has 0 radical (unpaired) electrons. The number of hydrogen-bond acceptors (Lipinski definition) is 9. The van der Waals surface area contributed by atoms with Crippen LogP contribution in [0.3, 0.4) is 0 Å². The molecule has 2 fully saturated rings. The van der Waals surface area contributed by atoms with Gasteiger partial charge in [0, 0.05) is 30.6 Å². The summed E-state index contributed by atoms with van der Waals surface area (Å²) in [4.78, 5) is 34.6. The molecule has 2 saturated heterocycles. The lowest BCUT2D eigenvalue weighted by molar-refractivity contribution is -0.268. The Balaban J connectivity index is 1.74. The molecular formula is C15H15N7O7. The van der Waals surface area contributed by atoms with Gasteiger partial charge in [0.1, 0.15) is 24.4 Å². The van der Waals surface area contributed by atoms with Crippen LogP contribution in [0.25, 0.3) is 16.3 Å². The first kappa shape index (κ1) is 19.0. The first-order chi connectivity index (χ1) is 14.0. The summed E-state index contributed by atoms with van der Waals surface area (Å²) in [6, 6.07) is 1.54. The van der Waals surface area contributed by atoms with Gasteiger partial charge in [-0.3, -0.25) is 13.9 Å². The molecular weight excluding hydrogens is 390 g/mol. The van der Waals surface area contributed by atoms with E-state index in [0.717, 1.165) is 4.57 Å². The largest absolute Gasteiger partial charge is 0.481 e. The van der Waals surface area contributed by atoms with Gasteiger partial charge in [0.2, 0.25) is 0 Å². The second-order valence-corrected chi connectivity index (χ2v) is 6.24. The number of azide groups is 1. The van der Waals surface area contributed by atoms with Gasteiger partial charge >= 0.3 is 11.7 Å². The highest BCUT2D eigenvalue weighted by Crippen LogP contribution is 2.47. The normalized spacial score (nSPS) is 30.7. The Morgan fingerprint density at radius 2 is 2.31 bits per heavy atom. The molecule has 4 heterocycles. The van der Waals surface area contributed by atoms with Gasteiger partial charge < -0.3 is 24.1 Å². The number of aliphatic carboxylic acids is 1. The van der Waals surface area contributed by atoms with Gasteiger partial charge in [0.25, 0.3) is 6.48 Å². The summed E-state index contributed by atoms with van der Waals surface area (Å²) in [6.07, 6.45) is 2.06. The van der Waals surface area contributed by atoms with Crippen molar-refractivity contribution < 1.29 is 28.8 Å². The lowest BCUT2D eigenvalue weighted by Crippen LogP contribution is -2.42. The fraction of sp³-hybridized carbons (Fsp3) is 0.467. The Kier molecular flexibility index (Phi) is 4.77. The summed E-state index contributed by atoms with van der Waals surface area (Å²) in [5, 5.41) is 12.8. The van der Waals surface area contributed by atoms with Crippen LogP contribution in [0.2, 0.25) is 0 Å². The number of ether oxygens (including phenoxy) is 4. The zero-order chi connectivity index (χ0) is 20.6. The Labute approximate surface area is 161 Å². The molecule has 2 aliphatic heterocycles. The van der Waals surface area contributed by atoms with E-state index in [-0.39, 0.29) is 0 Å². The van der Waals surface area contributed by atoms with Crippen molar-refractivity contribution >= 4 is 5.97 Å². The fourth-order valence-electron chi connectivity index (χ4n) is 3.36. The number of rotatable bonds is 6. The van der Waals surface area contributed by atoms with Gasteiger partial charge in [0.15, 0.2) is 12.0 Å². The third-order valence-corrected chi connectivity index (χ3v) is 4.54. The maximum absolute atomic E-state index is 12.6. The van der Waals surface area contributed by atoms with E-state index >= 15 is 0 Å². The quantitative estimate of drug-likeness (QED) is 0.398. The molecule has 152 valence electrons. The second kappa shape index (κ2) is 7.27. The highest BCUT2D eigenvalue weighted by molar-refractivity contribution is 5.68.